The van der Waals surface area contributed by atoms with E-state index in [4.69, 9.17) is 4.74 Å². The number of sulfone groups is 1. The van der Waals surface area contributed by atoms with Gasteiger partial charge < -0.3 is 10.1 Å². The van der Waals surface area contributed by atoms with Crippen molar-refractivity contribution in [3.05, 3.63) is 69.2 Å². The van der Waals surface area contributed by atoms with Crippen molar-refractivity contribution in [3.63, 3.8) is 0 Å². The molecule has 2 aromatic carbocycles. The van der Waals surface area contributed by atoms with Crippen molar-refractivity contribution in [1.29, 1.82) is 0 Å². The predicted octanol–water partition coefficient (Wildman–Crippen LogP) is 4.30. The molecule has 0 aliphatic heterocycles. The first-order valence-electron chi connectivity index (χ1n) is 8.91. The van der Waals surface area contributed by atoms with Gasteiger partial charge in [-0.3, -0.25) is 4.79 Å². The normalized spacial score (nSPS) is 11.3. The Bertz CT molecular complexity index is 1150. The standard InChI is InChI=1S/C21H22N2O4S2/c1-13-5-8-16(9-6-13)27-12-19-22-15(3)20(28-19)21(24)23-18-11-17(29(4,25)26)10-7-14(18)2/h5-11H,12H2,1-4H3,(H,23,24). The van der Waals surface area contributed by atoms with Gasteiger partial charge in [0.1, 0.15) is 22.2 Å². The summed E-state index contributed by atoms with van der Waals surface area (Å²) in [5, 5.41) is 3.49. The smallest absolute Gasteiger partial charge is 0.267 e. The van der Waals surface area contributed by atoms with Gasteiger partial charge in [0.05, 0.1) is 10.6 Å². The fourth-order valence-electron chi connectivity index (χ4n) is 2.65. The Morgan fingerprint density at radius 2 is 1.79 bits per heavy atom. The van der Waals surface area contributed by atoms with Gasteiger partial charge in [0, 0.05) is 11.9 Å². The Balaban J connectivity index is 1.74. The topological polar surface area (TPSA) is 85.4 Å². The Morgan fingerprint density at radius 3 is 2.45 bits per heavy atom. The summed E-state index contributed by atoms with van der Waals surface area (Å²) < 4.78 is 29.3. The molecule has 0 aliphatic rings. The molecule has 8 heteroatoms. The molecule has 1 N–H and O–H groups in total. The second kappa shape index (κ2) is 8.34. The van der Waals surface area contributed by atoms with Crippen molar-refractivity contribution in [2.24, 2.45) is 0 Å². The lowest BCUT2D eigenvalue weighted by Crippen LogP contribution is -2.13. The summed E-state index contributed by atoms with van der Waals surface area (Å²) in [5.41, 5.74) is 2.99. The third-order valence-electron chi connectivity index (χ3n) is 4.32. The summed E-state index contributed by atoms with van der Waals surface area (Å²) in [6.45, 7) is 5.85. The van der Waals surface area contributed by atoms with Gasteiger partial charge in [-0.1, -0.05) is 23.8 Å². The van der Waals surface area contributed by atoms with Crippen LogP contribution in [-0.4, -0.2) is 25.6 Å². The fourth-order valence-corrected chi connectivity index (χ4v) is 4.17. The van der Waals surface area contributed by atoms with Crippen LogP contribution in [0.2, 0.25) is 0 Å². The lowest BCUT2D eigenvalue weighted by molar-refractivity contribution is 0.102. The van der Waals surface area contributed by atoms with E-state index >= 15 is 0 Å². The second-order valence-electron chi connectivity index (χ2n) is 6.83. The van der Waals surface area contributed by atoms with Crippen LogP contribution in [-0.2, 0) is 16.4 Å². The zero-order valence-corrected chi connectivity index (χ0v) is 18.3. The first-order valence-corrected chi connectivity index (χ1v) is 11.6. The summed E-state index contributed by atoms with van der Waals surface area (Å²) >= 11 is 1.26. The van der Waals surface area contributed by atoms with Crippen LogP contribution in [0.15, 0.2) is 47.4 Å². The van der Waals surface area contributed by atoms with Crippen LogP contribution < -0.4 is 10.1 Å². The number of ether oxygens (including phenoxy) is 1. The molecule has 3 aromatic rings. The summed E-state index contributed by atoms with van der Waals surface area (Å²) in [5.74, 6) is 0.415. The molecular formula is C21H22N2O4S2. The quantitative estimate of drug-likeness (QED) is 0.630. The van der Waals surface area contributed by atoms with Crippen molar-refractivity contribution in [1.82, 2.24) is 4.98 Å². The fraction of sp³-hybridized carbons (Fsp3) is 0.238. The number of anilines is 1. The average Bonchev–Trinajstić information content (AvgIpc) is 3.03. The van der Waals surface area contributed by atoms with Crippen LogP contribution in [0.3, 0.4) is 0 Å². The van der Waals surface area contributed by atoms with E-state index in [1.165, 1.54) is 23.5 Å². The molecule has 0 aliphatic carbocycles. The van der Waals surface area contributed by atoms with Gasteiger partial charge in [0.15, 0.2) is 9.84 Å². The molecule has 29 heavy (non-hydrogen) atoms. The number of thiazole rings is 1. The number of benzene rings is 2. The number of aryl methyl sites for hydroxylation is 3. The van der Waals surface area contributed by atoms with Gasteiger partial charge in [-0.2, -0.15) is 0 Å². The Kier molecular flexibility index (Phi) is 6.04. The van der Waals surface area contributed by atoms with E-state index < -0.39 is 9.84 Å². The van der Waals surface area contributed by atoms with Gasteiger partial charge in [-0.25, -0.2) is 13.4 Å². The van der Waals surface area contributed by atoms with E-state index in [0.29, 0.717) is 21.3 Å². The Hall–Kier alpha value is -2.71. The number of hydrogen-bond acceptors (Lipinski definition) is 6. The first kappa shape index (κ1) is 21.0. The monoisotopic (exact) mass is 430 g/mol. The molecule has 1 aromatic heterocycles. The van der Waals surface area contributed by atoms with E-state index in [2.05, 4.69) is 10.3 Å². The van der Waals surface area contributed by atoms with Crippen LogP contribution in [0, 0.1) is 20.8 Å². The van der Waals surface area contributed by atoms with Crippen LogP contribution in [0.5, 0.6) is 5.75 Å². The van der Waals surface area contributed by atoms with Crippen molar-refractivity contribution in [2.75, 3.05) is 11.6 Å². The summed E-state index contributed by atoms with van der Waals surface area (Å²) in [7, 11) is -3.36. The molecule has 6 nitrogen and oxygen atoms in total. The van der Waals surface area contributed by atoms with Crippen LogP contribution in [0.1, 0.15) is 31.5 Å². The highest BCUT2D eigenvalue weighted by Crippen LogP contribution is 2.24. The van der Waals surface area contributed by atoms with Crippen LogP contribution in [0.25, 0.3) is 0 Å². The lowest BCUT2D eigenvalue weighted by atomic mass is 10.2. The Labute approximate surface area is 174 Å². The molecule has 0 atom stereocenters. The molecule has 3 rings (SSSR count). The summed E-state index contributed by atoms with van der Waals surface area (Å²) in [4.78, 5) is 17.8. The highest BCUT2D eigenvalue weighted by atomic mass is 32.2. The van der Waals surface area contributed by atoms with E-state index in [1.807, 2.05) is 38.1 Å². The third-order valence-corrected chi connectivity index (χ3v) is 6.56. The minimum atomic E-state index is -3.36. The average molecular weight is 431 g/mol. The summed E-state index contributed by atoms with van der Waals surface area (Å²) in [6, 6.07) is 12.4. The molecule has 0 bridgehead atoms. The largest absolute Gasteiger partial charge is 0.486 e. The zero-order chi connectivity index (χ0) is 21.2. The van der Waals surface area contributed by atoms with Gasteiger partial charge in [-0.15, -0.1) is 11.3 Å². The molecule has 0 saturated carbocycles. The first-order chi connectivity index (χ1) is 13.6. The van der Waals surface area contributed by atoms with Crippen molar-refractivity contribution < 1.29 is 17.9 Å². The van der Waals surface area contributed by atoms with E-state index in [-0.39, 0.29) is 17.4 Å². The maximum Gasteiger partial charge on any atom is 0.267 e. The summed E-state index contributed by atoms with van der Waals surface area (Å²) in [6.07, 6.45) is 1.14. The van der Waals surface area contributed by atoms with Crippen molar-refractivity contribution in [2.45, 2.75) is 32.3 Å². The molecule has 0 spiro atoms. The van der Waals surface area contributed by atoms with Gasteiger partial charge in [0.2, 0.25) is 0 Å². The molecule has 0 radical (unpaired) electrons. The molecule has 1 heterocycles. The molecular weight excluding hydrogens is 408 g/mol. The minimum Gasteiger partial charge on any atom is -0.486 e. The van der Waals surface area contributed by atoms with Gasteiger partial charge >= 0.3 is 0 Å². The zero-order valence-electron chi connectivity index (χ0n) is 16.6. The van der Waals surface area contributed by atoms with E-state index in [9.17, 15) is 13.2 Å². The van der Waals surface area contributed by atoms with E-state index in [1.54, 1.807) is 13.0 Å². The van der Waals surface area contributed by atoms with Crippen molar-refractivity contribution >= 4 is 32.8 Å². The number of nitrogens with zero attached hydrogens (tertiary/aromatic N) is 1. The van der Waals surface area contributed by atoms with Gasteiger partial charge in [-0.05, 0) is 50.6 Å². The SMILES string of the molecule is Cc1ccc(OCc2nc(C)c(C(=O)Nc3cc(S(C)(=O)=O)ccc3C)s2)cc1. The number of carbonyl (C=O) groups excluding carboxylic acids is 1. The molecule has 0 saturated heterocycles. The van der Waals surface area contributed by atoms with Crippen LogP contribution in [0.4, 0.5) is 5.69 Å². The maximum absolute atomic E-state index is 12.7. The number of nitrogens with one attached hydrogen (secondary N) is 1. The number of hydrogen-bond donors (Lipinski definition) is 1. The highest BCUT2D eigenvalue weighted by molar-refractivity contribution is 7.90. The third kappa shape index (κ3) is 5.21. The maximum atomic E-state index is 12.7. The number of carbonyl (C=O) groups is 1. The molecule has 0 fully saturated rings. The number of amides is 1. The van der Waals surface area contributed by atoms with Gasteiger partial charge in [0.25, 0.3) is 5.91 Å². The number of aromatic nitrogens is 1. The molecule has 1 amide bonds. The van der Waals surface area contributed by atoms with E-state index in [0.717, 1.165) is 23.1 Å². The minimum absolute atomic E-state index is 0.159. The number of rotatable bonds is 6. The van der Waals surface area contributed by atoms with Crippen LogP contribution >= 0.6 is 11.3 Å². The Morgan fingerprint density at radius 1 is 1.10 bits per heavy atom. The molecule has 152 valence electrons. The lowest BCUT2D eigenvalue weighted by Gasteiger charge is -2.09. The predicted molar refractivity (Wildman–Crippen MR) is 115 cm³/mol. The molecule has 0 unspecified atom stereocenters. The van der Waals surface area contributed by atoms with Crippen molar-refractivity contribution in [3.8, 4) is 5.75 Å². The second-order valence-corrected chi connectivity index (χ2v) is 9.93. The highest BCUT2D eigenvalue weighted by Gasteiger charge is 2.18.